The molecule has 0 saturated carbocycles. The van der Waals surface area contributed by atoms with Crippen LogP contribution in [0.25, 0.3) is 0 Å². The Morgan fingerprint density at radius 2 is 1.83 bits per heavy atom. The van der Waals surface area contributed by atoms with Gasteiger partial charge in [0.25, 0.3) is 5.91 Å². The van der Waals surface area contributed by atoms with E-state index in [0.717, 1.165) is 22.9 Å². The minimum absolute atomic E-state index is 0.0512. The fourth-order valence-electron chi connectivity index (χ4n) is 3.69. The summed E-state index contributed by atoms with van der Waals surface area (Å²) in [6.07, 6.45) is 0.942. The van der Waals surface area contributed by atoms with Crippen LogP contribution in [0.2, 0.25) is 0 Å². The Labute approximate surface area is 172 Å². The standard InChI is InChI=1S/C22H28N2O4S/c1-6-18(17-9-7-14(2)11-16(17)4)23-22(25)21-13-24(29(5,26)27)19-12-15(3)8-10-20(19)28-21/h7-12,18,21H,6,13H2,1-5H3,(H,23,25)/t18-,21+/m0/s1. The number of ether oxygens (including phenoxy) is 1. The van der Waals surface area contributed by atoms with Crippen LogP contribution in [0, 0.1) is 20.8 Å². The van der Waals surface area contributed by atoms with E-state index in [0.29, 0.717) is 17.9 Å². The van der Waals surface area contributed by atoms with Gasteiger partial charge in [0, 0.05) is 0 Å². The van der Waals surface area contributed by atoms with E-state index >= 15 is 0 Å². The van der Waals surface area contributed by atoms with Crippen molar-refractivity contribution in [2.75, 3.05) is 17.1 Å². The van der Waals surface area contributed by atoms with Crippen molar-refractivity contribution in [3.8, 4) is 5.75 Å². The molecule has 2 aromatic rings. The minimum Gasteiger partial charge on any atom is -0.476 e. The molecule has 3 rings (SSSR count). The number of aryl methyl sites for hydroxylation is 3. The molecule has 29 heavy (non-hydrogen) atoms. The topological polar surface area (TPSA) is 75.7 Å². The number of sulfonamides is 1. The highest BCUT2D eigenvalue weighted by Gasteiger charge is 2.35. The third-order valence-corrected chi connectivity index (χ3v) is 6.35. The van der Waals surface area contributed by atoms with Crippen LogP contribution < -0.4 is 14.4 Å². The summed E-state index contributed by atoms with van der Waals surface area (Å²) >= 11 is 0. The minimum atomic E-state index is -3.55. The van der Waals surface area contributed by atoms with Crippen LogP contribution in [-0.2, 0) is 14.8 Å². The molecular formula is C22H28N2O4S. The van der Waals surface area contributed by atoms with E-state index in [1.165, 1.54) is 9.87 Å². The van der Waals surface area contributed by atoms with Crippen LogP contribution >= 0.6 is 0 Å². The highest BCUT2D eigenvalue weighted by Crippen LogP contribution is 2.36. The first-order valence-corrected chi connectivity index (χ1v) is 11.6. The first kappa shape index (κ1) is 21.2. The number of rotatable bonds is 5. The number of benzene rings is 2. The third-order valence-electron chi connectivity index (χ3n) is 5.20. The molecule has 0 saturated heterocycles. The molecule has 1 aliphatic heterocycles. The van der Waals surface area contributed by atoms with Crippen molar-refractivity contribution in [2.45, 2.75) is 46.3 Å². The zero-order valence-electron chi connectivity index (χ0n) is 17.5. The van der Waals surface area contributed by atoms with Gasteiger partial charge in [-0.2, -0.15) is 0 Å². The van der Waals surface area contributed by atoms with Gasteiger partial charge in [0.1, 0.15) is 5.75 Å². The zero-order valence-corrected chi connectivity index (χ0v) is 18.3. The maximum absolute atomic E-state index is 13.0. The highest BCUT2D eigenvalue weighted by atomic mass is 32.2. The Morgan fingerprint density at radius 1 is 1.17 bits per heavy atom. The molecule has 1 N–H and O–H groups in total. The lowest BCUT2D eigenvalue weighted by Crippen LogP contribution is -2.51. The molecule has 0 spiro atoms. The monoisotopic (exact) mass is 416 g/mol. The van der Waals surface area contributed by atoms with Gasteiger partial charge in [0.2, 0.25) is 10.0 Å². The van der Waals surface area contributed by atoms with Crippen LogP contribution in [0.1, 0.15) is 41.6 Å². The number of nitrogens with one attached hydrogen (secondary N) is 1. The van der Waals surface area contributed by atoms with E-state index in [9.17, 15) is 13.2 Å². The number of nitrogens with zero attached hydrogens (tertiary/aromatic N) is 1. The maximum atomic E-state index is 13.0. The van der Waals surface area contributed by atoms with Crippen molar-refractivity contribution in [3.63, 3.8) is 0 Å². The molecule has 1 amide bonds. The lowest BCUT2D eigenvalue weighted by molar-refractivity contribution is -0.128. The summed E-state index contributed by atoms with van der Waals surface area (Å²) in [4.78, 5) is 13.0. The van der Waals surface area contributed by atoms with Crippen LogP contribution in [-0.4, -0.2) is 33.2 Å². The SMILES string of the molecule is CC[C@H](NC(=O)[C@H]1CN(S(C)(=O)=O)c2cc(C)ccc2O1)c1ccc(C)cc1C. The normalized spacial score (nSPS) is 17.3. The number of anilines is 1. The van der Waals surface area contributed by atoms with Crippen LogP contribution in [0.15, 0.2) is 36.4 Å². The van der Waals surface area contributed by atoms with Gasteiger partial charge >= 0.3 is 0 Å². The smallest absolute Gasteiger partial charge is 0.263 e. The number of fused-ring (bicyclic) bond motifs is 1. The van der Waals surface area contributed by atoms with Gasteiger partial charge in [0.05, 0.1) is 24.5 Å². The Kier molecular flexibility index (Phi) is 5.89. The Balaban J connectivity index is 1.86. The molecule has 2 atom stereocenters. The molecule has 7 heteroatoms. The summed E-state index contributed by atoms with van der Waals surface area (Å²) in [6.45, 7) is 7.90. The first-order chi connectivity index (χ1) is 13.6. The average molecular weight is 417 g/mol. The summed E-state index contributed by atoms with van der Waals surface area (Å²) < 4.78 is 31.8. The largest absolute Gasteiger partial charge is 0.476 e. The maximum Gasteiger partial charge on any atom is 0.263 e. The molecule has 156 valence electrons. The third kappa shape index (κ3) is 4.56. The van der Waals surface area contributed by atoms with Crippen molar-refractivity contribution in [1.82, 2.24) is 5.32 Å². The second-order valence-corrected chi connectivity index (χ2v) is 9.61. The van der Waals surface area contributed by atoms with Crippen LogP contribution in [0.5, 0.6) is 5.75 Å². The van der Waals surface area contributed by atoms with Gasteiger partial charge in [-0.3, -0.25) is 9.10 Å². The number of amides is 1. The predicted molar refractivity (Wildman–Crippen MR) is 115 cm³/mol. The summed E-state index contributed by atoms with van der Waals surface area (Å²) in [5.41, 5.74) is 4.72. The quantitative estimate of drug-likeness (QED) is 0.811. The van der Waals surface area contributed by atoms with Gasteiger partial charge in [-0.15, -0.1) is 0 Å². The van der Waals surface area contributed by atoms with Crippen molar-refractivity contribution >= 4 is 21.6 Å². The van der Waals surface area contributed by atoms with Gasteiger partial charge in [-0.1, -0.05) is 36.8 Å². The van der Waals surface area contributed by atoms with E-state index < -0.39 is 16.1 Å². The highest BCUT2D eigenvalue weighted by molar-refractivity contribution is 7.92. The summed E-state index contributed by atoms with van der Waals surface area (Å²) in [5, 5.41) is 3.04. The van der Waals surface area contributed by atoms with Crippen molar-refractivity contribution in [2.24, 2.45) is 0 Å². The van der Waals surface area contributed by atoms with E-state index in [1.807, 2.05) is 45.9 Å². The molecule has 6 nitrogen and oxygen atoms in total. The number of carbonyl (C=O) groups is 1. The number of hydrogen-bond donors (Lipinski definition) is 1. The molecule has 0 fully saturated rings. The second-order valence-electron chi connectivity index (χ2n) is 7.70. The van der Waals surface area contributed by atoms with Gasteiger partial charge in [-0.25, -0.2) is 8.42 Å². The molecule has 0 bridgehead atoms. The van der Waals surface area contributed by atoms with Crippen molar-refractivity contribution in [1.29, 1.82) is 0 Å². The first-order valence-electron chi connectivity index (χ1n) is 9.72. The number of carbonyl (C=O) groups excluding carboxylic acids is 1. The fourth-order valence-corrected chi connectivity index (χ4v) is 4.60. The van der Waals surface area contributed by atoms with Gasteiger partial charge in [-0.05, 0) is 56.0 Å². The summed E-state index contributed by atoms with van der Waals surface area (Å²) in [6, 6.07) is 11.3. The van der Waals surface area contributed by atoms with Crippen molar-refractivity contribution < 1.29 is 17.9 Å². The van der Waals surface area contributed by atoms with E-state index in [-0.39, 0.29) is 18.5 Å². The molecule has 0 aliphatic carbocycles. The molecule has 1 aliphatic rings. The molecular weight excluding hydrogens is 388 g/mol. The van der Waals surface area contributed by atoms with Crippen LogP contribution in [0.4, 0.5) is 5.69 Å². The Morgan fingerprint density at radius 3 is 2.45 bits per heavy atom. The summed E-state index contributed by atoms with van der Waals surface area (Å²) in [7, 11) is -3.55. The van der Waals surface area contributed by atoms with Crippen LogP contribution in [0.3, 0.4) is 0 Å². The molecule has 0 aromatic heterocycles. The zero-order chi connectivity index (χ0) is 21.3. The Hall–Kier alpha value is -2.54. The average Bonchev–Trinajstić information content (AvgIpc) is 2.64. The van der Waals surface area contributed by atoms with E-state index in [1.54, 1.807) is 12.1 Å². The second kappa shape index (κ2) is 8.06. The lowest BCUT2D eigenvalue weighted by Gasteiger charge is -2.35. The fraction of sp³-hybridized carbons (Fsp3) is 0.409. The molecule has 2 aromatic carbocycles. The van der Waals surface area contributed by atoms with E-state index in [2.05, 4.69) is 11.4 Å². The Bertz CT molecular complexity index is 1030. The van der Waals surface area contributed by atoms with Crippen molar-refractivity contribution in [3.05, 3.63) is 58.7 Å². The molecule has 0 unspecified atom stereocenters. The molecule has 0 radical (unpaired) electrons. The predicted octanol–water partition coefficient (Wildman–Crippen LogP) is 3.41. The van der Waals surface area contributed by atoms with E-state index in [4.69, 9.17) is 4.74 Å². The lowest BCUT2D eigenvalue weighted by atomic mass is 9.97. The molecule has 1 heterocycles. The van der Waals surface area contributed by atoms with Gasteiger partial charge in [0.15, 0.2) is 6.10 Å². The van der Waals surface area contributed by atoms with Gasteiger partial charge < -0.3 is 10.1 Å². The number of hydrogen-bond acceptors (Lipinski definition) is 4. The summed E-state index contributed by atoms with van der Waals surface area (Å²) in [5.74, 6) is 0.0729.